The van der Waals surface area contributed by atoms with E-state index in [9.17, 15) is 5.48 Å². The average molecular weight is 627 g/mol. The minimum atomic E-state index is -0.0788. The average Bonchev–Trinajstić information content (AvgIpc) is 3.58. The Bertz CT molecular complexity index is 3020. The largest absolute Gasteiger partial charge is 0.455 e. The number of rotatable bonds is 4. The van der Waals surface area contributed by atoms with Crippen LogP contribution in [0.15, 0.2) is 186 Å². The lowest BCUT2D eigenvalue weighted by Crippen LogP contribution is -1.90. The molecule has 0 saturated heterocycles. The van der Waals surface area contributed by atoms with E-state index in [2.05, 4.69) is 60.7 Å². The second kappa shape index (κ2) is 11.1. The summed E-state index contributed by atoms with van der Waals surface area (Å²) in [6.45, 7) is 0. The highest BCUT2D eigenvalue weighted by Gasteiger charge is 2.17. The first-order valence-corrected chi connectivity index (χ1v) is 16.5. The summed E-state index contributed by atoms with van der Waals surface area (Å²) in [7, 11) is 0. The summed E-state index contributed by atoms with van der Waals surface area (Å²) in [6, 6.07) is 52.5. The van der Waals surface area contributed by atoms with E-state index < -0.39 is 0 Å². The molecule has 1 heterocycles. The minimum Gasteiger partial charge on any atom is -0.455 e. The van der Waals surface area contributed by atoms with Crippen LogP contribution < -0.4 is 0 Å². The zero-order valence-corrected chi connectivity index (χ0v) is 26.4. The van der Waals surface area contributed by atoms with Gasteiger partial charge in [0.05, 0.1) is 5.48 Å². The van der Waals surface area contributed by atoms with Crippen molar-refractivity contribution in [1.29, 1.82) is 0 Å². The number of furan rings is 1. The van der Waals surface area contributed by atoms with Crippen molar-refractivity contribution in [2.75, 3.05) is 0 Å². The molecule has 0 amide bonds. The Kier molecular flexibility index (Phi) is 5.38. The summed E-state index contributed by atoms with van der Waals surface area (Å²) in [5.74, 6) is 0. The van der Waals surface area contributed by atoms with Gasteiger partial charge < -0.3 is 4.42 Å². The van der Waals surface area contributed by atoms with Gasteiger partial charge in [0.1, 0.15) is 11.2 Å². The Morgan fingerprint density at radius 2 is 0.878 bits per heavy atom. The van der Waals surface area contributed by atoms with Crippen molar-refractivity contribution in [3.8, 4) is 44.5 Å². The van der Waals surface area contributed by atoms with Gasteiger partial charge in [-0.25, -0.2) is 0 Å². The summed E-state index contributed by atoms with van der Waals surface area (Å²) in [5.41, 5.74) is 7.56. The molecule has 1 heteroatoms. The van der Waals surface area contributed by atoms with Crippen molar-refractivity contribution >= 4 is 54.3 Å². The molecule has 1 aromatic heterocycles. The maximum atomic E-state index is 9.47. The van der Waals surface area contributed by atoms with Crippen molar-refractivity contribution in [3.63, 3.8) is 0 Å². The van der Waals surface area contributed by atoms with Crippen LogP contribution in [0.1, 0.15) is 5.48 Å². The highest BCUT2D eigenvalue weighted by atomic mass is 16.3. The van der Waals surface area contributed by atoms with Crippen LogP contribution in [0.5, 0.6) is 0 Å². The predicted octanol–water partition coefficient (Wildman–Crippen LogP) is 13.7. The lowest BCUT2D eigenvalue weighted by atomic mass is 9.86. The van der Waals surface area contributed by atoms with Gasteiger partial charge >= 0.3 is 0 Å². The number of hydrogen-bond donors (Lipinski definition) is 0. The standard InChI is InChI=1S/C48H30O/c1-2-13-33(14-3-1)46-38-17-6-8-19-40(38)47(41-20-9-7-18-39(41)46)34-26-24-31(25-27-34)35-28-29-45-44(30-35)43-23-11-22-42(48(43)49-45)37-21-10-15-32-12-4-5-16-36(32)37/h1-30H/i24D,25D,26D,27D. The van der Waals surface area contributed by atoms with Crippen molar-refractivity contribution < 1.29 is 9.90 Å². The lowest BCUT2D eigenvalue weighted by Gasteiger charge is -2.18. The van der Waals surface area contributed by atoms with Gasteiger partial charge in [-0.1, -0.05) is 170 Å². The third-order valence-corrected chi connectivity index (χ3v) is 9.73. The summed E-state index contributed by atoms with van der Waals surface area (Å²) in [5, 5.41) is 7.83. The van der Waals surface area contributed by atoms with Gasteiger partial charge in [0.15, 0.2) is 0 Å². The van der Waals surface area contributed by atoms with Gasteiger partial charge in [-0.3, -0.25) is 0 Å². The highest BCUT2D eigenvalue weighted by Crippen LogP contribution is 2.44. The fraction of sp³-hybridized carbons (Fsp3) is 0. The van der Waals surface area contributed by atoms with Crippen LogP contribution in [0.3, 0.4) is 0 Å². The highest BCUT2D eigenvalue weighted by molar-refractivity contribution is 6.21. The van der Waals surface area contributed by atoms with Crippen LogP contribution in [0.4, 0.5) is 0 Å². The van der Waals surface area contributed by atoms with E-state index in [-0.39, 0.29) is 29.7 Å². The third-order valence-electron chi connectivity index (χ3n) is 9.73. The van der Waals surface area contributed by atoms with Crippen molar-refractivity contribution in [2.24, 2.45) is 0 Å². The third kappa shape index (κ3) is 4.40. The van der Waals surface area contributed by atoms with Crippen molar-refractivity contribution in [3.05, 3.63) is 182 Å². The van der Waals surface area contributed by atoms with Gasteiger partial charge in [0, 0.05) is 16.3 Å². The zero-order chi connectivity index (χ0) is 35.8. The maximum Gasteiger partial charge on any atom is 0.143 e. The normalized spacial score (nSPS) is 12.8. The first-order chi connectivity index (χ1) is 26.0. The molecule has 0 aliphatic rings. The topological polar surface area (TPSA) is 13.1 Å². The number of benzene rings is 9. The molecule has 49 heavy (non-hydrogen) atoms. The van der Waals surface area contributed by atoms with Crippen LogP contribution >= 0.6 is 0 Å². The summed E-state index contributed by atoms with van der Waals surface area (Å²) < 4.78 is 44.3. The van der Waals surface area contributed by atoms with E-state index >= 15 is 0 Å². The molecule has 0 spiro atoms. The summed E-state index contributed by atoms with van der Waals surface area (Å²) in [4.78, 5) is 0. The van der Waals surface area contributed by atoms with Gasteiger partial charge in [-0.2, -0.15) is 0 Å². The fourth-order valence-electron chi connectivity index (χ4n) is 7.52. The Hall–Kier alpha value is -6.44. The number of fused-ring (bicyclic) bond motifs is 6. The molecular formula is C48H30O. The van der Waals surface area contributed by atoms with E-state index in [0.717, 1.165) is 70.9 Å². The quantitative estimate of drug-likeness (QED) is 0.177. The Morgan fingerprint density at radius 3 is 1.59 bits per heavy atom. The number of para-hydroxylation sites is 1. The SMILES string of the molecule is [2H]c1c([2H])c(-c2c3ccccc3c(-c3ccccc3)c3ccccc23)c([2H])c([2H])c1-c1ccc2oc3c(-c4cccc5ccccc45)cccc3c2c1. The van der Waals surface area contributed by atoms with E-state index in [0.29, 0.717) is 22.3 Å². The predicted molar refractivity (Wildman–Crippen MR) is 208 cm³/mol. The molecule has 0 saturated carbocycles. The Balaban J connectivity index is 1.18. The fourth-order valence-corrected chi connectivity index (χ4v) is 7.52. The van der Waals surface area contributed by atoms with E-state index in [1.165, 1.54) is 0 Å². The van der Waals surface area contributed by atoms with Gasteiger partial charge in [-0.15, -0.1) is 0 Å². The first kappa shape index (κ1) is 23.8. The monoisotopic (exact) mass is 626 g/mol. The Labute approximate surface area is 289 Å². The second-order valence-electron chi connectivity index (χ2n) is 12.5. The van der Waals surface area contributed by atoms with E-state index in [1.807, 2.05) is 97.1 Å². The maximum absolute atomic E-state index is 9.47. The van der Waals surface area contributed by atoms with Crippen LogP contribution in [0.2, 0.25) is 0 Å². The van der Waals surface area contributed by atoms with Gasteiger partial charge in [0.2, 0.25) is 0 Å². The van der Waals surface area contributed by atoms with Crippen molar-refractivity contribution in [1.82, 2.24) is 0 Å². The molecule has 10 aromatic rings. The Morgan fingerprint density at radius 1 is 0.347 bits per heavy atom. The van der Waals surface area contributed by atoms with Crippen LogP contribution in [0.25, 0.3) is 98.8 Å². The van der Waals surface area contributed by atoms with Gasteiger partial charge in [-0.05, 0) is 83.4 Å². The van der Waals surface area contributed by atoms with Crippen LogP contribution in [0, 0.1) is 0 Å². The lowest BCUT2D eigenvalue weighted by molar-refractivity contribution is 0.670. The van der Waals surface area contributed by atoms with Crippen LogP contribution in [-0.2, 0) is 0 Å². The summed E-state index contributed by atoms with van der Waals surface area (Å²) in [6.07, 6.45) is 0. The second-order valence-corrected chi connectivity index (χ2v) is 12.5. The molecule has 9 aromatic carbocycles. The molecule has 0 fully saturated rings. The molecular weight excluding hydrogens is 593 g/mol. The molecule has 0 atom stereocenters. The molecule has 0 radical (unpaired) electrons. The van der Waals surface area contributed by atoms with Gasteiger partial charge in [0.25, 0.3) is 0 Å². The molecule has 10 rings (SSSR count). The first-order valence-electron chi connectivity index (χ1n) is 18.5. The molecule has 0 N–H and O–H groups in total. The molecule has 0 aliphatic heterocycles. The smallest absolute Gasteiger partial charge is 0.143 e. The molecule has 228 valence electrons. The molecule has 1 nitrogen and oxygen atoms in total. The van der Waals surface area contributed by atoms with Crippen molar-refractivity contribution in [2.45, 2.75) is 0 Å². The summed E-state index contributed by atoms with van der Waals surface area (Å²) >= 11 is 0. The molecule has 0 unspecified atom stereocenters. The molecule has 0 bridgehead atoms. The minimum absolute atomic E-state index is 0.0702. The van der Waals surface area contributed by atoms with Crippen LogP contribution in [-0.4, -0.2) is 0 Å². The zero-order valence-electron chi connectivity index (χ0n) is 30.4. The van der Waals surface area contributed by atoms with E-state index in [4.69, 9.17) is 4.42 Å². The van der Waals surface area contributed by atoms with E-state index in [1.54, 1.807) is 0 Å². The molecule has 0 aliphatic carbocycles. The number of hydrogen-bond acceptors (Lipinski definition) is 1.